The number of carbonyl (C=O) groups is 1. The van der Waals surface area contributed by atoms with Crippen molar-refractivity contribution >= 4 is 27.3 Å². The number of benzene rings is 3. The largest absolute Gasteiger partial charge is 0.481 e. The molecule has 2 N–H and O–H groups in total. The second kappa shape index (κ2) is 9.87. The number of ether oxygens (including phenoxy) is 1. The van der Waals surface area contributed by atoms with Gasteiger partial charge in [0.05, 0.1) is 4.90 Å². The van der Waals surface area contributed by atoms with E-state index in [1.807, 2.05) is 44.2 Å². The maximum absolute atomic E-state index is 12.7. The van der Waals surface area contributed by atoms with Gasteiger partial charge in [-0.15, -0.1) is 0 Å². The van der Waals surface area contributed by atoms with E-state index in [1.54, 1.807) is 31.2 Å². The molecule has 1 unspecified atom stereocenters. The van der Waals surface area contributed by atoms with Gasteiger partial charge in [-0.25, -0.2) is 8.42 Å². The van der Waals surface area contributed by atoms with Gasteiger partial charge in [-0.1, -0.05) is 25.1 Å². The normalized spacial score (nSPS) is 12.1. The van der Waals surface area contributed by atoms with E-state index in [0.29, 0.717) is 17.1 Å². The Hall–Kier alpha value is -3.32. The van der Waals surface area contributed by atoms with E-state index in [2.05, 4.69) is 17.0 Å². The van der Waals surface area contributed by atoms with Crippen molar-refractivity contribution in [3.05, 3.63) is 83.4 Å². The van der Waals surface area contributed by atoms with Crippen molar-refractivity contribution in [3.63, 3.8) is 0 Å². The fraction of sp³-hybridized carbons (Fsp3) is 0.240. The van der Waals surface area contributed by atoms with E-state index in [9.17, 15) is 13.2 Å². The van der Waals surface area contributed by atoms with Gasteiger partial charge in [0.25, 0.3) is 15.9 Å². The molecular weight excluding hydrogens is 424 g/mol. The summed E-state index contributed by atoms with van der Waals surface area (Å²) in [6, 6.07) is 19.0. The number of hydrogen-bond acceptors (Lipinski definition) is 4. The third kappa shape index (κ3) is 5.88. The second-order valence-electron chi connectivity index (χ2n) is 7.68. The van der Waals surface area contributed by atoms with Crippen LogP contribution in [0.1, 0.15) is 30.5 Å². The Morgan fingerprint density at radius 2 is 1.53 bits per heavy atom. The highest BCUT2D eigenvalue weighted by Gasteiger charge is 2.17. The summed E-state index contributed by atoms with van der Waals surface area (Å²) in [4.78, 5) is 12.6. The van der Waals surface area contributed by atoms with Crippen molar-refractivity contribution < 1.29 is 17.9 Å². The molecule has 0 aliphatic heterocycles. The van der Waals surface area contributed by atoms with Crippen molar-refractivity contribution in [2.45, 2.75) is 45.1 Å². The van der Waals surface area contributed by atoms with Gasteiger partial charge in [-0.3, -0.25) is 9.52 Å². The molecule has 0 aromatic heterocycles. The van der Waals surface area contributed by atoms with Crippen LogP contribution in [0.3, 0.4) is 0 Å². The number of carbonyl (C=O) groups excluding carboxylic acids is 1. The average Bonchev–Trinajstić information content (AvgIpc) is 2.77. The molecule has 7 heteroatoms. The summed E-state index contributed by atoms with van der Waals surface area (Å²) in [6.07, 6.45) is 0.222. The van der Waals surface area contributed by atoms with Crippen molar-refractivity contribution in [3.8, 4) is 5.75 Å². The lowest BCUT2D eigenvalue weighted by atomic mass is 10.1. The molecule has 6 nitrogen and oxygen atoms in total. The Labute approximate surface area is 189 Å². The smallest absolute Gasteiger partial charge is 0.265 e. The molecule has 0 fully saturated rings. The van der Waals surface area contributed by atoms with E-state index in [1.165, 1.54) is 17.7 Å². The summed E-state index contributed by atoms with van der Waals surface area (Å²) in [5, 5.41) is 2.75. The Balaban J connectivity index is 1.62. The summed E-state index contributed by atoms with van der Waals surface area (Å²) in [5.74, 6) is 0.289. The predicted octanol–water partition coefficient (Wildman–Crippen LogP) is 5.07. The van der Waals surface area contributed by atoms with E-state index in [0.717, 1.165) is 17.5 Å². The van der Waals surface area contributed by atoms with E-state index < -0.39 is 16.1 Å². The number of amides is 1. The van der Waals surface area contributed by atoms with Gasteiger partial charge in [-0.05, 0) is 92.4 Å². The molecule has 0 radical (unpaired) electrons. The topological polar surface area (TPSA) is 84.5 Å². The Morgan fingerprint density at radius 1 is 0.906 bits per heavy atom. The molecule has 0 aliphatic carbocycles. The second-order valence-corrected chi connectivity index (χ2v) is 9.36. The Kier molecular flexibility index (Phi) is 7.20. The van der Waals surface area contributed by atoms with Crippen molar-refractivity contribution in [2.75, 3.05) is 10.0 Å². The van der Waals surface area contributed by atoms with Gasteiger partial charge in [-0.2, -0.15) is 0 Å². The van der Waals surface area contributed by atoms with Crippen molar-refractivity contribution in [1.29, 1.82) is 0 Å². The molecule has 168 valence electrons. The lowest BCUT2D eigenvalue weighted by Gasteiger charge is -2.15. The van der Waals surface area contributed by atoms with E-state index >= 15 is 0 Å². The first kappa shape index (κ1) is 23.3. The van der Waals surface area contributed by atoms with Gasteiger partial charge in [0, 0.05) is 11.4 Å². The fourth-order valence-corrected chi connectivity index (χ4v) is 4.09. The molecule has 0 saturated heterocycles. The van der Waals surface area contributed by atoms with Crippen LogP contribution < -0.4 is 14.8 Å². The summed E-state index contributed by atoms with van der Waals surface area (Å²) >= 11 is 0. The summed E-state index contributed by atoms with van der Waals surface area (Å²) in [7, 11) is -3.74. The third-order valence-electron chi connectivity index (χ3n) is 5.20. The summed E-state index contributed by atoms with van der Waals surface area (Å²) in [6.45, 7) is 7.63. The third-order valence-corrected chi connectivity index (χ3v) is 6.60. The molecule has 1 amide bonds. The highest BCUT2D eigenvalue weighted by molar-refractivity contribution is 7.92. The SMILES string of the molecule is CCc1ccc(OC(C)C(=O)Nc2ccc(S(=O)(=O)Nc3ccc(C)c(C)c3)cc2)cc1. The van der Waals surface area contributed by atoms with Gasteiger partial charge in [0.2, 0.25) is 0 Å². The number of nitrogens with one attached hydrogen (secondary N) is 2. The van der Waals surface area contributed by atoms with Crippen LogP contribution in [0.2, 0.25) is 0 Å². The first-order valence-electron chi connectivity index (χ1n) is 10.4. The van der Waals surface area contributed by atoms with Crippen LogP contribution >= 0.6 is 0 Å². The molecular formula is C25H28N2O4S. The molecule has 32 heavy (non-hydrogen) atoms. The van der Waals surface area contributed by atoms with Crippen LogP contribution in [0.15, 0.2) is 71.6 Å². The van der Waals surface area contributed by atoms with E-state index in [-0.39, 0.29) is 10.8 Å². The molecule has 3 aromatic rings. The summed E-state index contributed by atoms with van der Waals surface area (Å²) in [5.41, 5.74) is 4.27. The zero-order valence-corrected chi connectivity index (χ0v) is 19.5. The van der Waals surface area contributed by atoms with Gasteiger partial charge < -0.3 is 10.1 Å². The number of aryl methyl sites for hydroxylation is 3. The van der Waals surface area contributed by atoms with Crippen molar-refractivity contribution in [1.82, 2.24) is 0 Å². The van der Waals surface area contributed by atoms with Gasteiger partial charge in [0.15, 0.2) is 6.10 Å². The van der Waals surface area contributed by atoms with Gasteiger partial charge >= 0.3 is 0 Å². The van der Waals surface area contributed by atoms with Crippen LogP contribution in [-0.4, -0.2) is 20.4 Å². The molecule has 3 aromatic carbocycles. The van der Waals surface area contributed by atoms with Crippen LogP contribution in [-0.2, 0) is 21.2 Å². The summed E-state index contributed by atoms with van der Waals surface area (Å²) < 4.78 is 33.6. The van der Waals surface area contributed by atoms with E-state index in [4.69, 9.17) is 4.74 Å². The predicted molar refractivity (Wildman–Crippen MR) is 128 cm³/mol. The highest BCUT2D eigenvalue weighted by Crippen LogP contribution is 2.21. The van der Waals surface area contributed by atoms with Crippen LogP contribution in [0.4, 0.5) is 11.4 Å². The number of hydrogen-bond donors (Lipinski definition) is 2. The van der Waals surface area contributed by atoms with Gasteiger partial charge in [0.1, 0.15) is 5.75 Å². The molecule has 3 rings (SSSR count). The molecule has 0 heterocycles. The first-order chi connectivity index (χ1) is 15.2. The minimum atomic E-state index is -3.74. The standard InChI is InChI=1S/C25H28N2O4S/c1-5-20-7-12-23(13-8-20)31-19(4)25(28)26-21-10-14-24(15-11-21)32(29,30)27-22-9-6-17(2)18(3)16-22/h6-16,19,27H,5H2,1-4H3,(H,26,28). The monoisotopic (exact) mass is 452 g/mol. The maximum atomic E-state index is 12.7. The quantitative estimate of drug-likeness (QED) is 0.500. The molecule has 1 atom stereocenters. The molecule has 0 saturated carbocycles. The van der Waals surface area contributed by atoms with Crippen LogP contribution in [0.5, 0.6) is 5.75 Å². The zero-order valence-electron chi connectivity index (χ0n) is 18.7. The van der Waals surface area contributed by atoms with Crippen molar-refractivity contribution in [2.24, 2.45) is 0 Å². The fourth-order valence-electron chi connectivity index (χ4n) is 3.04. The lowest BCUT2D eigenvalue weighted by Crippen LogP contribution is -2.30. The number of sulfonamides is 1. The molecule has 0 spiro atoms. The van der Waals surface area contributed by atoms with Crippen LogP contribution in [0, 0.1) is 13.8 Å². The first-order valence-corrected chi connectivity index (χ1v) is 11.9. The lowest BCUT2D eigenvalue weighted by molar-refractivity contribution is -0.122. The minimum Gasteiger partial charge on any atom is -0.481 e. The minimum absolute atomic E-state index is 0.106. The number of anilines is 2. The molecule has 0 aliphatic rings. The van der Waals surface area contributed by atoms with Crippen LogP contribution in [0.25, 0.3) is 0 Å². The Morgan fingerprint density at radius 3 is 2.12 bits per heavy atom. The number of rotatable bonds is 8. The average molecular weight is 453 g/mol. The Bertz CT molecular complexity index is 1190. The highest BCUT2D eigenvalue weighted by atomic mass is 32.2. The maximum Gasteiger partial charge on any atom is 0.265 e. The zero-order chi connectivity index (χ0) is 23.3. The molecule has 0 bridgehead atoms.